The molecule has 0 saturated heterocycles. The van der Waals surface area contributed by atoms with Crippen LogP contribution < -0.4 is 10.6 Å². The van der Waals surface area contributed by atoms with Crippen LogP contribution in [-0.2, 0) is 4.79 Å². The topological polar surface area (TPSA) is 53.5 Å². The third-order valence-electron chi connectivity index (χ3n) is 4.03. The first kappa shape index (κ1) is 16.2. The van der Waals surface area contributed by atoms with Crippen LogP contribution in [0.25, 0.3) is 10.8 Å². The molecule has 2 aromatic carbocycles. The van der Waals surface area contributed by atoms with Crippen LogP contribution >= 0.6 is 23.1 Å². The Labute approximate surface area is 154 Å². The van der Waals surface area contributed by atoms with Crippen LogP contribution in [0.3, 0.4) is 0 Å². The number of carbonyl (C=O) groups excluding carboxylic acids is 1. The van der Waals surface area contributed by atoms with E-state index in [1.165, 1.54) is 11.8 Å². The van der Waals surface area contributed by atoms with Gasteiger partial charge in [0.25, 0.3) is 0 Å². The quantitative estimate of drug-likeness (QED) is 0.688. The van der Waals surface area contributed by atoms with Gasteiger partial charge < -0.3 is 10.6 Å². The Morgan fingerprint density at radius 1 is 1.24 bits per heavy atom. The Bertz CT molecular complexity index is 945. The van der Waals surface area contributed by atoms with Gasteiger partial charge in [0.15, 0.2) is 5.17 Å². The van der Waals surface area contributed by atoms with E-state index in [-0.39, 0.29) is 11.9 Å². The number of thioether (sulfide) groups is 1. The van der Waals surface area contributed by atoms with Gasteiger partial charge in [-0.3, -0.25) is 4.79 Å². The van der Waals surface area contributed by atoms with Gasteiger partial charge in [-0.15, -0.1) is 11.3 Å². The van der Waals surface area contributed by atoms with Crippen molar-refractivity contribution in [2.45, 2.75) is 13.0 Å². The van der Waals surface area contributed by atoms with E-state index >= 15 is 0 Å². The lowest BCUT2D eigenvalue weighted by molar-refractivity contribution is -0.119. The Kier molecular flexibility index (Phi) is 4.46. The number of hydrogen-bond acceptors (Lipinski definition) is 5. The summed E-state index contributed by atoms with van der Waals surface area (Å²) in [6, 6.07) is 16.3. The highest BCUT2D eigenvalue weighted by molar-refractivity contribution is 8.14. The van der Waals surface area contributed by atoms with E-state index in [1.807, 2.05) is 48.7 Å². The largest absolute Gasteiger partial charge is 0.348 e. The van der Waals surface area contributed by atoms with Gasteiger partial charge in [-0.05, 0) is 35.9 Å². The van der Waals surface area contributed by atoms with Crippen molar-refractivity contribution < 1.29 is 4.79 Å². The molecule has 4 rings (SSSR count). The van der Waals surface area contributed by atoms with Gasteiger partial charge in [0.05, 0.1) is 23.2 Å². The van der Waals surface area contributed by atoms with E-state index in [4.69, 9.17) is 0 Å². The smallest absolute Gasteiger partial charge is 0.230 e. The number of nitrogens with zero attached hydrogens (tertiary/aromatic N) is 1. The van der Waals surface area contributed by atoms with Crippen molar-refractivity contribution >= 4 is 56.3 Å². The van der Waals surface area contributed by atoms with Gasteiger partial charge in [0.1, 0.15) is 0 Å². The molecular formula is C19H17N3OS2. The van der Waals surface area contributed by atoms with Gasteiger partial charge in [-0.1, -0.05) is 42.1 Å². The number of rotatable bonds is 4. The summed E-state index contributed by atoms with van der Waals surface area (Å²) in [4.78, 5) is 18.0. The molecule has 1 aromatic heterocycles. The minimum atomic E-state index is 0.00691. The second-order valence-electron chi connectivity index (χ2n) is 5.82. The molecule has 2 heterocycles. The summed E-state index contributed by atoms with van der Waals surface area (Å²) >= 11 is 3.07. The fourth-order valence-electron chi connectivity index (χ4n) is 2.87. The molecule has 0 aliphatic carbocycles. The number of hydrogen-bond donors (Lipinski definition) is 2. The average Bonchev–Trinajstić information content (AvgIpc) is 3.15. The maximum atomic E-state index is 12.2. The third kappa shape index (κ3) is 3.41. The van der Waals surface area contributed by atoms with E-state index in [0.29, 0.717) is 5.75 Å². The van der Waals surface area contributed by atoms with Gasteiger partial charge in [0.2, 0.25) is 5.91 Å². The van der Waals surface area contributed by atoms with Crippen LogP contribution in [0, 0.1) is 0 Å². The van der Waals surface area contributed by atoms with Gasteiger partial charge in [-0.25, -0.2) is 4.99 Å². The number of carbonyl (C=O) groups is 1. The van der Waals surface area contributed by atoms with Crippen molar-refractivity contribution in [3.63, 3.8) is 0 Å². The summed E-state index contributed by atoms with van der Waals surface area (Å²) in [6.07, 6.45) is 0. The minimum absolute atomic E-state index is 0.00691. The number of benzene rings is 2. The number of thiophene rings is 1. The Morgan fingerprint density at radius 2 is 2.08 bits per heavy atom. The third-order valence-corrected chi connectivity index (χ3v) is 5.96. The van der Waals surface area contributed by atoms with Crippen LogP contribution in [0.5, 0.6) is 0 Å². The first-order valence-corrected chi connectivity index (χ1v) is 9.90. The second kappa shape index (κ2) is 6.90. The molecule has 0 bridgehead atoms. The summed E-state index contributed by atoms with van der Waals surface area (Å²) in [7, 11) is 0. The molecule has 0 unspecified atom stereocenters. The fraction of sp³-hybridized carbons (Fsp3) is 0.158. The zero-order valence-corrected chi connectivity index (χ0v) is 15.3. The Hall–Kier alpha value is -2.31. The van der Waals surface area contributed by atoms with Crippen LogP contribution in [0.4, 0.5) is 11.4 Å². The molecule has 1 aliphatic rings. The Morgan fingerprint density at radius 3 is 2.88 bits per heavy atom. The monoisotopic (exact) mass is 367 g/mol. The summed E-state index contributed by atoms with van der Waals surface area (Å²) in [5.41, 5.74) is 1.99. The van der Waals surface area contributed by atoms with Crippen molar-refractivity contribution in [2.24, 2.45) is 4.99 Å². The predicted octanol–water partition coefficient (Wildman–Crippen LogP) is 4.92. The van der Waals surface area contributed by atoms with Gasteiger partial charge >= 0.3 is 0 Å². The van der Waals surface area contributed by atoms with Crippen LogP contribution in [0.15, 0.2) is 58.9 Å². The Balaban J connectivity index is 1.43. The van der Waals surface area contributed by atoms with Crippen LogP contribution in [0.2, 0.25) is 0 Å². The summed E-state index contributed by atoms with van der Waals surface area (Å²) < 4.78 is 0. The maximum absolute atomic E-state index is 12.2. The van der Waals surface area contributed by atoms with E-state index in [2.05, 4.69) is 27.8 Å². The second-order valence-corrected chi connectivity index (χ2v) is 7.76. The standard InChI is InChI=1S/C19H17N3OS2/c1-12(16-9-4-10-24-16)20-17(23)11-25-19-21-14-7-2-5-13-6-3-8-15(22-19)18(13)14/h2-10,12H,11H2,1H3,(H,20,23)(H,21,22)/t12-/m1/s1. The molecule has 4 nitrogen and oxygen atoms in total. The molecule has 6 heteroatoms. The molecule has 1 aliphatic heterocycles. The summed E-state index contributed by atoms with van der Waals surface area (Å²) in [5, 5.41) is 11.4. The van der Waals surface area contributed by atoms with Gasteiger partial charge in [-0.2, -0.15) is 0 Å². The van der Waals surface area contributed by atoms with E-state index in [0.717, 1.165) is 32.2 Å². The van der Waals surface area contributed by atoms with Crippen LogP contribution in [-0.4, -0.2) is 16.8 Å². The van der Waals surface area contributed by atoms with Crippen molar-refractivity contribution in [2.75, 3.05) is 11.1 Å². The zero-order chi connectivity index (χ0) is 17.2. The molecule has 3 aromatic rings. The normalized spacial score (nSPS) is 13.9. The molecular weight excluding hydrogens is 350 g/mol. The number of aliphatic imine (C=N–C) groups is 1. The molecule has 1 amide bonds. The zero-order valence-electron chi connectivity index (χ0n) is 13.7. The first-order valence-electron chi connectivity index (χ1n) is 8.04. The maximum Gasteiger partial charge on any atom is 0.230 e. The van der Waals surface area contributed by atoms with Crippen molar-refractivity contribution in [3.8, 4) is 0 Å². The summed E-state index contributed by atoms with van der Waals surface area (Å²) in [6.45, 7) is 2.00. The van der Waals surface area contributed by atoms with E-state index in [9.17, 15) is 4.79 Å². The molecule has 0 fully saturated rings. The molecule has 2 N–H and O–H groups in total. The molecule has 0 radical (unpaired) electrons. The van der Waals surface area contributed by atoms with E-state index < -0.39 is 0 Å². The van der Waals surface area contributed by atoms with Gasteiger partial charge in [0, 0.05) is 10.3 Å². The molecule has 0 spiro atoms. The van der Waals surface area contributed by atoms with Crippen LogP contribution in [0.1, 0.15) is 17.8 Å². The highest BCUT2D eigenvalue weighted by Gasteiger charge is 2.16. The lowest BCUT2D eigenvalue weighted by Crippen LogP contribution is -2.28. The number of anilines is 1. The SMILES string of the molecule is C[C@@H](NC(=O)CSC1=Nc2cccc3cccc(c23)N1)c1cccs1. The molecule has 0 saturated carbocycles. The van der Waals surface area contributed by atoms with E-state index in [1.54, 1.807) is 11.3 Å². The average molecular weight is 367 g/mol. The number of nitrogens with one attached hydrogen (secondary N) is 2. The molecule has 126 valence electrons. The minimum Gasteiger partial charge on any atom is -0.348 e. The van der Waals surface area contributed by atoms with Crippen molar-refractivity contribution in [3.05, 3.63) is 58.8 Å². The molecule has 25 heavy (non-hydrogen) atoms. The summed E-state index contributed by atoms with van der Waals surface area (Å²) in [5.74, 6) is 0.340. The molecule has 1 atom stereocenters. The lowest BCUT2D eigenvalue weighted by atomic mass is 10.1. The first-order chi connectivity index (χ1) is 12.2. The van der Waals surface area contributed by atoms with Crippen molar-refractivity contribution in [1.29, 1.82) is 0 Å². The fourth-order valence-corrected chi connectivity index (χ4v) is 4.30. The van der Waals surface area contributed by atoms with Crippen molar-refractivity contribution in [1.82, 2.24) is 5.32 Å². The number of amidine groups is 1. The highest BCUT2D eigenvalue weighted by Crippen LogP contribution is 2.36. The number of amides is 1. The highest BCUT2D eigenvalue weighted by atomic mass is 32.2. The predicted molar refractivity (Wildman–Crippen MR) is 108 cm³/mol. The lowest BCUT2D eigenvalue weighted by Gasteiger charge is -2.18.